The molecule has 52 heavy (non-hydrogen) atoms. The van der Waals surface area contributed by atoms with Crippen LogP contribution in [0, 0.1) is 5.82 Å². The van der Waals surface area contributed by atoms with Crippen LogP contribution < -0.4 is 15.4 Å². The van der Waals surface area contributed by atoms with E-state index < -0.39 is 17.1 Å². The van der Waals surface area contributed by atoms with Gasteiger partial charge in [-0.05, 0) is 85.4 Å². The van der Waals surface area contributed by atoms with Crippen molar-refractivity contribution in [2.45, 2.75) is 56.9 Å². The Morgan fingerprint density at radius 3 is 2.77 bits per heavy atom. The highest BCUT2D eigenvalue weighted by Crippen LogP contribution is 2.55. The first-order chi connectivity index (χ1) is 25.3. The van der Waals surface area contributed by atoms with E-state index in [0.717, 1.165) is 60.8 Å². The van der Waals surface area contributed by atoms with Crippen LogP contribution in [0.1, 0.15) is 58.8 Å². The van der Waals surface area contributed by atoms with Crippen LogP contribution in [0.5, 0.6) is 5.88 Å². The van der Waals surface area contributed by atoms with Crippen LogP contribution in [0.3, 0.4) is 0 Å². The highest BCUT2D eigenvalue weighted by atomic mass is 35.5. The number of halogens is 2. The third-order valence-electron chi connectivity index (χ3n) is 10.4. The van der Waals surface area contributed by atoms with Gasteiger partial charge in [-0.2, -0.15) is 0 Å². The summed E-state index contributed by atoms with van der Waals surface area (Å²) in [5, 5.41) is 6.15. The van der Waals surface area contributed by atoms with Gasteiger partial charge in [-0.15, -0.1) is 0 Å². The van der Waals surface area contributed by atoms with Crippen molar-refractivity contribution >= 4 is 51.4 Å². The third-order valence-corrected chi connectivity index (χ3v) is 10.6. The number of nitrogens with one attached hydrogen (secondary N) is 2. The summed E-state index contributed by atoms with van der Waals surface area (Å²) in [5.74, 6) is 0.224. The van der Waals surface area contributed by atoms with Gasteiger partial charge in [0.05, 0.1) is 57.7 Å². The minimum Gasteiger partial charge on any atom is -0.471 e. The first-order valence-electron chi connectivity index (χ1n) is 17.5. The molecule has 11 nitrogen and oxygen atoms in total. The summed E-state index contributed by atoms with van der Waals surface area (Å²) in [7, 11) is 0. The molecular weight excluding hydrogens is 685 g/mol. The van der Waals surface area contributed by atoms with Crippen LogP contribution in [0.25, 0.3) is 16.6 Å². The fourth-order valence-electron chi connectivity index (χ4n) is 7.24. The smallest absolute Gasteiger partial charge is 0.255 e. The number of carbonyl (C=O) groups excluding carboxylic acids is 2. The Morgan fingerprint density at radius 1 is 1.13 bits per heavy atom. The maximum atomic E-state index is 15.0. The van der Waals surface area contributed by atoms with Crippen LogP contribution in [-0.4, -0.2) is 62.0 Å². The Hall–Kier alpha value is -5.17. The van der Waals surface area contributed by atoms with Crippen LogP contribution in [-0.2, 0) is 34.6 Å². The molecule has 9 rings (SSSR count). The van der Waals surface area contributed by atoms with Gasteiger partial charge in [-0.1, -0.05) is 23.7 Å². The van der Waals surface area contributed by atoms with Crippen molar-refractivity contribution in [3.8, 4) is 5.88 Å². The van der Waals surface area contributed by atoms with Crippen molar-refractivity contribution in [1.82, 2.24) is 24.4 Å². The average Bonchev–Trinajstić information content (AvgIpc) is 3.81. The van der Waals surface area contributed by atoms with E-state index in [-0.39, 0.29) is 23.3 Å². The zero-order chi connectivity index (χ0) is 35.4. The molecular formula is C39H35ClFN7O4. The van der Waals surface area contributed by atoms with Crippen molar-refractivity contribution in [2.75, 3.05) is 30.3 Å². The molecule has 3 aliphatic heterocycles. The lowest BCUT2D eigenvalue weighted by Crippen LogP contribution is -2.33. The van der Waals surface area contributed by atoms with Gasteiger partial charge in [0.2, 0.25) is 11.8 Å². The van der Waals surface area contributed by atoms with Crippen molar-refractivity contribution in [3.63, 3.8) is 0 Å². The molecule has 3 aromatic heterocycles. The number of hydrogen-bond acceptors (Lipinski definition) is 8. The number of imidazole rings is 1. The molecule has 2 N–H and O–H groups in total. The number of anilines is 2. The predicted molar refractivity (Wildman–Crippen MR) is 194 cm³/mol. The fraction of sp³-hybridized carbons (Fsp3) is 0.308. The number of amides is 2. The van der Waals surface area contributed by atoms with E-state index in [1.807, 2.05) is 42.5 Å². The van der Waals surface area contributed by atoms with E-state index in [0.29, 0.717) is 54.7 Å². The second kappa shape index (κ2) is 13.1. The van der Waals surface area contributed by atoms with E-state index in [4.69, 9.17) is 31.0 Å². The standard InChI is InChI=1S/C39H35ClFN7O4/c40-25-4-5-27(42-19-25)22-52-35-3-1-2-31(45-35)23-8-13-47(14-9-23)21-34-44-32-18-26(6-7-33(32)48(34)20-28-10-15-51-28)43-37(49)24-16-29-36(30(41)17-24)46-38(50)39(29)11-12-39/h1-8,16-19,28H,9-15,20-22H2,(H,43,49)(H,46,50)/t28-/m0/s1. The first-order valence-corrected chi connectivity index (χ1v) is 17.9. The molecule has 1 aliphatic carbocycles. The van der Waals surface area contributed by atoms with Gasteiger partial charge in [0.1, 0.15) is 18.2 Å². The maximum absolute atomic E-state index is 15.0. The first kappa shape index (κ1) is 32.7. The molecule has 0 bridgehead atoms. The van der Waals surface area contributed by atoms with Crippen LogP contribution in [0.2, 0.25) is 5.02 Å². The maximum Gasteiger partial charge on any atom is 0.255 e. The van der Waals surface area contributed by atoms with Crippen LogP contribution >= 0.6 is 11.6 Å². The molecule has 1 atom stereocenters. The Labute approximate surface area is 303 Å². The number of fused-ring (bicyclic) bond motifs is 3. The van der Waals surface area contributed by atoms with Crippen molar-refractivity contribution in [3.05, 3.63) is 112 Å². The second-order valence-electron chi connectivity index (χ2n) is 13.8. The van der Waals surface area contributed by atoms with Gasteiger partial charge in [0.15, 0.2) is 0 Å². The third kappa shape index (κ3) is 6.20. The van der Waals surface area contributed by atoms with Gasteiger partial charge in [-0.25, -0.2) is 14.4 Å². The summed E-state index contributed by atoms with van der Waals surface area (Å²) < 4.78 is 28.9. The van der Waals surface area contributed by atoms with Gasteiger partial charge in [0.25, 0.3) is 5.91 Å². The number of carbonyl (C=O) groups is 2. The van der Waals surface area contributed by atoms with Crippen LogP contribution in [0.4, 0.5) is 15.8 Å². The van der Waals surface area contributed by atoms with Crippen molar-refractivity contribution < 1.29 is 23.5 Å². The summed E-state index contributed by atoms with van der Waals surface area (Å²) in [6, 6.07) is 17.9. The Balaban J connectivity index is 0.899. The summed E-state index contributed by atoms with van der Waals surface area (Å²) >= 11 is 5.95. The second-order valence-corrected chi connectivity index (χ2v) is 14.3. The van der Waals surface area contributed by atoms with E-state index in [2.05, 4.69) is 31.2 Å². The largest absolute Gasteiger partial charge is 0.471 e. The number of nitrogens with zero attached hydrogens (tertiary/aromatic N) is 5. The lowest BCUT2D eigenvalue weighted by Gasteiger charge is -2.29. The summed E-state index contributed by atoms with van der Waals surface area (Å²) in [6.45, 7) is 3.96. The number of pyridine rings is 2. The minimum absolute atomic E-state index is 0.130. The van der Waals surface area contributed by atoms with E-state index >= 15 is 0 Å². The molecule has 0 radical (unpaired) electrons. The summed E-state index contributed by atoms with van der Waals surface area (Å²) in [6.07, 6.45) is 7.08. The number of benzene rings is 2. The number of rotatable bonds is 10. The fourth-order valence-corrected chi connectivity index (χ4v) is 7.35. The molecule has 1 saturated heterocycles. The van der Waals surface area contributed by atoms with Gasteiger partial charge < -0.3 is 24.7 Å². The van der Waals surface area contributed by atoms with Crippen molar-refractivity contribution in [2.24, 2.45) is 0 Å². The van der Waals surface area contributed by atoms with Gasteiger partial charge in [-0.3, -0.25) is 19.5 Å². The molecule has 2 aromatic carbocycles. The topological polar surface area (TPSA) is 124 Å². The van der Waals surface area contributed by atoms with Crippen molar-refractivity contribution in [1.29, 1.82) is 0 Å². The Morgan fingerprint density at radius 2 is 2.02 bits per heavy atom. The highest BCUT2D eigenvalue weighted by molar-refractivity contribution is 6.30. The lowest BCUT2D eigenvalue weighted by atomic mass is 9.95. The molecule has 4 aliphatic rings. The highest BCUT2D eigenvalue weighted by Gasteiger charge is 2.57. The molecule has 13 heteroatoms. The molecule has 264 valence electrons. The lowest BCUT2D eigenvalue weighted by molar-refractivity contribution is -0.117. The van der Waals surface area contributed by atoms with E-state index in [1.54, 1.807) is 18.3 Å². The zero-order valence-electron chi connectivity index (χ0n) is 28.2. The summed E-state index contributed by atoms with van der Waals surface area (Å²) in [5.41, 5.74) is 5.33. The zero-order valence-corrected chi connectivity index (χ0v) is 29.0. The van der Waals surface area contributed by atoms with Gasteiger partial charge in [0, 0.05) is 43.2 Å². The molecule has 2 fully saturated rings. The number of aromatic nitrogens is 4. The molecule has 0 unspecified atom stereocenters. The SMILES string of the molecule is O=C(Nc1ccc2c(c1)nc(CN1CC=C(c3cccc(OCc4ccc(Cl)cn4)n3)CC1)n2C[C@@H]1CCO1)c1cc(F)c2c(c1)C1(CC1)C(=O)N2. The number of ether oxygens (including phenoxy) is 2. The number of hydrogen-bond donors (Lipinski definition) is 2. The quantitative estimate of drug-likeness (QED) is 0.168. The monoisotopic (exact) mass is 719 g/mol. The molecule has 2 amide bonds. The molecule has 5 aromatic rings. The minimum atomic E-state index is -0.696. The van der Waals surface area contributed by atoms with E-state index in [9.17, 15) is 14.0 Å². The Kier molecular flexibility index (Phi) is 8.25. The average molecular weight is 720 g/mol. The predicted octanol–water partition coefficient (Wildman–Crippen LogP) is 6.51. The van der Waals surface area contributed by atoms with Crippen LogP contribution in [0.15, 0.2) is 72.9 Å². The molecule has 1 spiro atoms. The molecule has 6 heterocycles. The Bertz CT molecular complexity index is 2270. The molecule has 1 saturated carbocycles. The van der Waals surface area contributed by atoms with Gasteiger partial charge >= 0.3 is 0 Å². The summed E-state index contributed by atoms with van der Waals surface area (Å²) in [4.78, 5) is 42.2. The normalized spacial score (nSPS) is 18.8. The van der Waals surface area contributed by atoms with E-state index in [1.165, 1.54) is 11.6 Å².